The van der Waals surface area contributed by atoms with Crippen LogP contribution in [-0.2, 0) is 0 Å². The zero-order valence-corrected chi connectivity index (χ0v) is 14.9. The quantitative estimate of drug-likeness (QED) is 0.588. The molecule has 0 spiro atoms. The Bertz CT molecular complexity index is 933. The summed E-state index contributed by atoms with van der Waals surface area (Å²) in [7, 11) is 0. The van der Waals surface area contributed by atoms with Crippen LogP contribution in [-0.4, -0.2) is 5.78 Å². The van der Waals surface area contributed by atoms with Crippen molar-refractivity contribution in [2.45, 2.75) is 32.6 Å². The van der Waals surface area contributed by atoms with Crippen molar-refractivity contribution in [1.29, 1.82) is 0 Å². The lowest BCUT2D eigenvalue weighted by Crippen LogP contribution is -2.13. The third-order valence-electron chi connectivity index (χ3n) is 5.30. The number of rotatable bonds is 2. The van der Waals surface area contributed by atoms with Gasteiger partial charge in [-0.2, -0.15) is 0 Å². The molecular weight excluding hydrogens is 304 g/mol. The predicted octanol–water partition coefficient (Wildman–Crippen LogP) is 5.72. The first kappa shape index (κ1) is 15.8. The lowest BCUT2D eigenvalue weighted by Gasteiger charge is -2.21. The highest BCUT2D eigenvalue weighted by molar-refractivity contribution is 6.07. The Kier molecular flexibility index (Phi) is 3.80. The molecule has 0 bridgehead atoms. The molecular formula is C24H22O. The van der Waals surface area contributed by atoms with Gasteiger partial charge in [-0.25, -0.2) is 0 Å². The molecule has 0 radical (unpaired) electrons. The molecule has 0 heterocycles. The summed E-state index contributed by atoms with van der Waals surface area (Å²) >= 11 is 0. The van der Waals surface area contributed by atoms with Crippen LogP contribution in [0, 0.1) is 20.8 Å². The van der Waals surface area contributed by atoms with E-state index in [0.29, 0.717) is 0 Å². The van der Waals surface area contributed by atoms with Crippen LogP contribution in [0.5, 0.6) is 0 Å². The van der Waals surface area contributed by atoms with Crippen LogP contribution in [0.3, 0.4) is 0 Å². The van der Waals surface area contributed by atoms with Gasteiger partial charge in [0.15, 0.2) is 5.78 Å². The van der Waals surface area contributed by atoms with Crippen molar-refractivity contribution in [2.75, 3.05) is 0 Å². The molecule has 0 aromatic heterocycles. The maximum absolute atomic E-state index is 13.2. The van der Waals surface area contributed by atoms with Crippen LogP contribution >= 0.6 is 0 Å². The molecule has 0 saturated carbocycles. The van der Waals surface area contributed by atoms with Gasteiger partial charge in [-0.3, -0.25) is 4.79 Å². The third kappa shape index (κ3) is 2.70. The van der Waals surface area contributed by atoms with Gasteiger partial charge in [0.25, 0.3) is 0 Å². The Balaban J connectivity index is 1.91. The number of ketones is 1. The fraction of sp³-hybridized carbons (Fsp3) is 0.208. The Morgan fingerprint density at radius 3 is 1.64 bits per heavy atom. The van der Waals surface area contributed by atoms with E-state index >= 15 is 0 Å². The first-order chi connectivity index (χ1) is 12.0. The highest BCUT2D eigenvalue weighted by Crippen LogP contribution is 2.48. The van der Waals surface area contributed by atoms with Gasteiger partial charge < -0.3 is 0 Å². The summed E-state index contributed by atoms with van der Waals surface area (Å²) in [6, 6.07) is 23.3. The van der Waals surface area contributed by atoms with E-state index in [2.05, 4.69) is 75.4 Å². The maximum atomic E-state index is 13.2. The van der Waals surface area contributed by atoms with E-state index in [-0.39, 0.29) is 17.6 Å². The minimum atomic E-state index is -0.139. The van der Waals surface area contributed by atoms with E-state index in [0.717, 1.165) is 11.1 Å². The number of Topliss-reactive ketones (excluding diaryl/α,β-unsaturated/α-hetero) is 1. The van der Waals surface area contributed by atoms with Gasteiger partial charge in [0.05, 0.1) is 5.92 Å². The van der Waals surface area contributed by atoms with Crippen LogP contribution in [0.25, 0.3) is 0 Å². The van der Waals surface area contributed by atoms with Gasteiger partial charge in [-0.05, 0) is 37.5 Å². The van der Waals surface area contributed by atoms with E-state index < -0.39 is 0 Å². The van der Waals surface area contributed by atoms with Crippen molar-refractivity contribution >= 4 is 5.78 Å². The SMILES string of the molecule is Cc1ccc([C@H]2c3cc(C)ccc3C(=O)[C@@H]2c2ccc(C)cc2)cc1. The van der Waals surface area contributed by atoms with E-state index in [4.69, 9.17) is 0 Å². The largest absolute Gasteiger partial charge is 0.293 e. The fourth-order valence-corrected chi connectivity index (χ4v) is 3.93. The summed E-state index contributed by atoms with van der Waals surface area (Å²) < 4.78 is 0. The van der Waals surface area contributed by atoms with Crippen molar-refractivity contribution in [3.05, 3.63) is 106 Å². The van der Waals surface area contributed by atoms with Crippen LogP contribution < -0.4 is 0 Å². The van der Waals surface area contributed by atoms with Gasteiger partial charge in [-0.1, -0.05) is 83.4 Å². The van der Waals surface area contributed by atoms with Gasteiger partial charge in [0.2, 0.25) is 0 Å². The van der Waals surface area contributed by atoms with Crippen LogP contribution in [0.1, 0.15) is 55.6 Å². The van der Waals surface area contributed by atoms with Crippen LogP contribution in [0.4, 0.5) is 0 Å². The second-order valence-corrected chi connectivity index (χ2v) is 7.23. The number of hydrogen-bond donors (Lipinski definition) is 0. The average Bonchev–Trinajstić information content (AvgIpc) is 2.88. The Morgan fingerprint density at radius 1 is 0.600 bits per heavy atom. The van der Waals surface area contributed by atoms with Gasteiger partial charge >= 0.3 is 0 Å². The molecule has 2 atom stereocenters. The molecule has 0 fully saturated rings. The second kappa shape index (κ2) is 6.00. The molecule has 4 rings (SSSR count). The number of carbonyl (C=O) groups excluding carboxylic acids is 1. The van der Waals surface area contributed by atoms with E-state index in [1.165, 1.54) is 27.8 Å². The van der Waals surface area contributed by atoms with E-state index in [9.17, 15) is 4.79 Å². The maximum Gasteiger partial charge on any atom is 0.171 e. The van der Waals surface area contributed by atoms with Gasteiger partial charge in [0, 0.05) is 11.5 Å². The molecule has 3 aromatic carbocycles. The van der Waals surface area contributed by atoms with Gasteiger partial charge in [-0.15, -0.1) is 0 Å². The van der Waals surface area contributed by atoms with E-state index in [1.54, 1.807) is 0 Å². The minimum absolute atomic E-state index is 0.0886. The number of benzene rings is 3. The molecule has 1 aliphatic rings. The summed E-state index contributed by atoms with van der Waals surface area (Å²) in [5.74, 6) is 0.190. The van der Waals surface area contributed by atoms with Crippen molar-refractivity contribution < 1.29 is 4.79 Å². The number of hydrogen-bond acceptors (Lipinski definition) is 1. The molecule has 1 heteroatoms. The number of carbonyl (C=O) groups is 1. The normalized spacial score (nSPS) is 19.1. The third-order valence-corrected chi connectivity index (χ3v) is 5.30. The summed E-state index contributed by atoms with van der Waals surface area (Å²) in [5, 5.41) is 0. The topological polar surface area (TPSA) is 17.1 Å². The fourth-order valence-electron chi connectivity index (χ4n) is 3.93. The lowest BCUT2D eigenvalue weighted by atomic mass is 9.81. The molecule has 124 valence electrons. The molecule has 1 nitrogen and oxygen atoms in total. The molecule has 0 N–H and O–H groups in total. The first-order valence-electron chi connectivity index (χ1n) is 8.82. The molecule has 0 aliphatic heterocycles. The molecule has 0 amide bonds. The molecule has 3 aromatic rings. The van der Waals surface area contributed by atoms with Crippen molar-refractivity contribution in [1.82, 2.24) is 0 Å². The van der Waals surface area contributed by atoms with Crippen LogP contribution in [0.2, 0.25) is 0 Å². The standard InChI is InChI=1S/C24H22O/c1-15-4-9-18(10-5-15)22-21-14-17(3)8-13-20(21)24(25)23(22)19-11-6-16(2)7-12-19/h4-14,22-23H,1-3H3/t22-,23+/m0/s1. The Morgan fingerprint density at radius 2 is 1.08 bits per heavy atom. The minimum Gasteiger partial charge on any atom is -0.293 e. The highest BCUT2D eigenvalue weighted by Gasteiger charge is 2.41. The molecule has 0 saturated heterocycles. The first-order valence-corrected chi connectivity index (χ1v) is 8.82. The zero-order valence-electron chi connectivity index (χ0n) is 14.9. The zero-order chi connectivity index (χ0) is 17.6. The van der Waals surface area contributed by atoms with Crippen molar-refractivity contribution in [3.8, 4) is 0 Å². The smallest absolute Gasteiger partial charge is 0.171 e. The van der Waals surface area contributed by atoms with Crippen molar-refractivity contribution in [3.63, 3.8) is 0 Å². The second-order valence-electron chi connectivity index (χ2n) is 7.23. The Labute approximate surface area is 149 Å². The number of fused-ring (bicyclic) bond motifs is 1. The van der Waals surface area contributed by atoms with E-state index in [1.807, 2.05) is 12.1 Å². The number of aryl methyl sites for hydroxylation is 3. The van der Waals surface area contributed by atoms with Crippen molar-refractivity contribution in [2.24, 2.45) is 0 Å². The van der Waals surface area contributed by atoms with Crippen LogP contribution in [0.15, 0.2) is 66.7 Å². The summed E-state index contributed by atoms with van der Waals surface area (Å²) in [6.07, 6.45) is 0. The highest BCUT2D eigenvalue weighted by atomic mass is 16.1. The molecule has 1 aliphatic carbocycles. The summed E-state index contributed by atoms with van der Waals surface area (Å²) in [4.78, 5) is 13.2. The Hall–Kier alpha value is -2.67. The predicted molar refractivity (Wildman–Crippen MR) is 102 cm³/mol. The monoisotopic (exact) mass is 326 g/mol. The average molecular weight is 326 g/mol. The summed E-state index contributed by atoms with van der Waals surface area (Å²) in [5.41, 5.74) is 8.03. The summed E-state index contributed by atoms with van der Waals surface area (Å²) in [6.45, 7) is 6.27. The molecule has 25 heavy (non-hydrogen) atoms. The molecule has 0 unspecified atom stereocenters. The lowest BCUT2D eigenvalue weighted by molar-refractivity contribution is 0.0968. The van der Waals surface area contributed by atoms with Gasteiger partial charge in [0.1, 0.15) is 0 Å².